The second kappa shape index (κ2) is 3.74. The van der Waals surface area contributed by atoms with E-state index in [1.54, 1.807) is 7.11 Å². The molecule has 1 aliphatic carbocycles. The summed E-state index contributed by atoms with van der Waals surface area (Å²) >= 11 is 0. The first-order chi connectivity index (χ1) is 8.15. The van der Waals surface area contributed by atoms with Crippen molar-refractivity contribution < 1.29 is 4.74 Å². The van der Waals surface area contributed by atoms with E-state index in [1.165, 1.54) is 25.1 Å². The largest absolute Gasteiger partial charge is 0.497 e. The van der Waals surface area contributed by atoms with Crippen LogP contribution in [0.4, 0.5) is 0 Å². The Bertz CT molecular complexity index is 411. The van der Waals surface area contributed by atoms with Crippen molar-refractivity contribution in [3.8, 4) is 5.75 Å². The smallest absolute Gasteiger partial charge is 0.118 e. The highest BCUT2D eigenvalue weighted by Gasteiger charge is 2.60. The van der Waals surface area contributed by atoms with E-state index in [9.17, 15) is 0 Å². The number of fused-ring (bicyclic) bond motifs is 1. The summed E-state index contributed by atoms with van der Waals surface area (Å²) in [5, 5.41) is 0. The van der Waals surface area contributed by atoms with Crippen LogP contribution in [0.15, 0.2) is 24.3 Å². The van der Waals surface area contributed by atoms with E-state index in [0.717, 1.165) is 11.7 Å². The number of hydrogen-bond donors (Lipinski definition) is 0. The Hall–Kier alpha value is -1.02. The van der Waals surface area contributed by atoms with Gasteiger partial charge in [0.2, 0.25) is 0 Å². The van der Waals surface area contributed by atoms with E-state index in [4.69, 9.17) is 4.74 Å². The molecule has 0 bridgehead atoms. The lowest BCUT2D eigenvalue weighted by Gasteiger charge is -2.24. The van der Waals surface area contributed by atoms with Gasteiger partial charge in [-0.3, -0.25) is 4.90 Å². The zero-order valence-electron chi connectivity index (χ0n) is 10.9. The van der Waals surface area contributed by atoms with Crippen molar-refractivity contribution in [3.63, 3.8) is 0 Å². The topological polar surface area (TPSA) is 12.5 Å². The maximum Gasteiger partial charge on any atom is 0.118 e. The monoisotopic (exact) mass is 231 g/mol. The number of nitrogens with zero attached hydrogens (tertiary/aromatic N) is 1. The molecule has 0 aromatic heterocycles. The predicted molar refractivity (Wildman–Crippen MR) is 69.5 cm³/mol. The van der Waals surface area contributed by atoms with Crippen LogP contribution < -0.4 is 4.74 Å². The fourth-order valence-corrected chi connectivity index (χ4v) is 3.28. The maximum atomic E-state index is 5.23. The molecule has 2 atom stereocenters. The van der Waals surface area contributed by atoms with Gasteiger partial charge in [0, 0.05) is 24.5 Å². The van der Waals surface area contributed by atoms with Crippen LogP contribution in [-0.2, 0) is 5.41 Å². The molecule has 92 valence electrons. The van der Waals surface area contributed by atoms with Gasteiger partial charge in [-0.15, -0.1) is 0 Å². The van der Waals surface area contributed by atoms with Crippen LogP contribution in [0.1, 0.15) is 25.8 Å². The summed E-state index contributed by atoms with van der Waals surface area (Å²) in [6.07, 6.45) is 1.38. The number of benzene rings is 1. The standard InChI is InChI=1S/C15H21NO/c1-11(2)16-9-13-8-15(13,10-16)12-4-6-14(17-3)7-5-12/h4-7,11,13H,8-10H2,1-3H3. The molecule has 0 spiro atoms. The Labute approximate surface area is 104 Å². The molecule has 0 N–H and O–H groups in total. The fourth-order valence-electron chi connectivity index (χ4n) is 3.28. The van der Waals surface area contributed by atoms with E-state index >= 15 is 0 Å². The van der Waals surface area contributed by atoms with E-state index in [-0.39, 0.29) is 0 Å². The van der Waals surface area contributed by atoms with Crippen LogP contribution in [0.2, 0.25) is 0 Å². The molecule has 1 aliphatic heterocycles. The Morgan fingerprint density at radius 3 is 2.53 bits per heavy atom. The van der Waals surface area contributed by atoms with Crippen LogP contribution in [0, 0.1) is 5.92 Å². The molecule has 2 aliphatic rings. The summed E-state index contributed by atoms with van der Waals surface area (Å²) in [5.41, 5.74) is 1.97. The van der Waals surface area contributed by atoms with Gasteiger partial charge in [-0.2, -0.15) is 0 Å². The maximum absolute atomic E-state index is 5.23. The molecule has 0 amide bonds. The highest BCUT2D eigenvalue weighted by Crippen LogP contribution is 2.59. The van der Waals surface area contributed by atoms with Crippen LogP contribution in [0.25, 0.3) is 0 Å². The molecule has 1 aromatic rings. The number of piperidine rings is 1. The van der Waals surface area contributed by atoms with Crippen molar-refractivity contribution in [1.82, 2.24) is 4.90 Å². The van der Waals surface area contributed by atoms with Gasteiger partial charge in [0.15, 0.2) is 0 Å². The quantitative estimate of drug-likeness (QED) is 0.793. The highest BCUT2D eigenvalue weighted by molar-refractivity contribution is 5.40. The SMILES string of the molecule is COc1ccc(C23CC2CN(C(C)C)C3)cc1. The van der Waals surface area contributed by atoms with Gasteiger partial charge in [-0.05, 0) is 43.9 Å². The summed E-state index contributed by atoms with van der Waals surface area (Å²) < 4.78 is 5.23. The zero-order valence-corrected chi connectivity index (χ0v) is 10.9. The first-order valence-corrected chi connectivity index (χ1v) is 6.54. The second-order valence-corrected chi connectivity index (χ2v) is 5.81. The minimum absolute atomic E-state index is 0.469. The van der Waals surface area contributed by atoms with Crippen LogP contribution in [-0.4, -0.2) is 31.1 Å². The van der Waals surface area contributed by atoms with Gasteiger partial charge in [0.1, 0.15) is 5.75 Å². The lowest BCUT2D eigenvalue weighted by Crippen LogP contribution is -2.32. The third kappa shape index (κ3) is 1.66. The van der Waals surface area contributed by atoms with Gasteiger partial charge in [0.05, 0.1) is 7.11 Å². The lowest BCUT2D eigenvalue weighted by molar-refractivity contribution is 0.243. The highest BCUT2D eigenvalue weighted by atomic mass is 16.5. The van der Waals surface area contributed by atoms with Gasteiger partial charge >= 0.3 is 0 Å². The third-order valence-electron chi connectivity index (χ3n) is 4.57. The van der Waals surface area contributed by atoms with Crippen molar-refractivity contribution in [2.45, 2.75) is 31.7 Å². The van der Waals surface area contributed by atoms with Crippen molar-refractivity contribution in [3.05, 3.63) is 29.8 Å². The van der Waals surface area contributed by atoms with Gasteiger partial charge in [0.25, 0.3) is 0 Å². The summed E-state index contributed by atoms with van der Waals surface area (Å²) in [6, 6.07) is 9.37. The molecule has 2 fully saturated rings. The van der Waals surface area contributed by atoms with E-state index in [2.05, 4.69) is 43.0 Å². The molecule has 2 nitrogen and oxygen atoms in total. The molecule has 1 saturated heterocycles. The minimum Gasteiger partial charge on any atom is -0.497 e. The molecule has 3 rings (SSSR count). The minimum atomic E-state index is 0.469. The molecular weight excluding hydrogens is 210 g/mol. The third-order valence-corrected chi connectivity index (χ3v) is 4.57. The van der Waals surface area contributed by atoms with Crippen molar-refractivity contribution in [2.75, 3.05) is 20.2 Å². The predicted octanol–water partition coefficient (Wildman–Crippen LogP) is 2.68. The van der Waals surface area contributed by atoms with Crippen LogP contribution in [0.3, 0.4) is 0 Å². The lowest BCUT2D eigenvalue weighted by atomic mass is 9.95. The number of likely N-dealkylation sites (tertiary alicyclic amines) is 1. The molecular formula is C15H21NO. The molecule has 0 radical (unpaired) electrons. The molecule has 2 unspecified atom stereocenters. The van der Waals surface area contributed by atoms with E-state index in [0.29, 0.717) is 11.5 Å². The van der Waals surface area contributed by atoms with Crippen LogP contribution in [0.5, 0.6) is 5.75 Å². The average Bonchev–Trinajstić information content (AvgIpc) is 2.92. The van der Waals surface area contributed by atoms with Gasteiger partial charge in [-0.1, -0.05) is 12.1 Å². The molecule has 1 heterocycles. The van der Waals surface area contributed by atoms with Crippen LogP contribution >= 0.6 is 0 Å². The Balaban J connectivity index is 1.81. The number of methoxy groups -OCH3 is 1. The normalized spacial score (nSPS) is 31.6. The Morgan fingerprint density at radius 2 is 2.00 bits per heavy atom. The van der Waals surface area contributed by atoms with Gasteiger partial charge < -0.3 is 4.74 Å². The summed E-state index contributed by atoms with van der Waals surface area (Å²) in [5.74, 6) is 1.85. The summed E-state index contributed by atoms with van der Waals surface area (Å²) in [7, 11) is 1.73. The number of ether oxygens (including phenoxy) is 1. The second-order valence-electron chi connectivity index (χ2n) is 5.81. The fraction of sp³-hybridized carbons (Fsp3) is 0.600. The average molecular weight is 231 g/mol. The van der Waals surface area contributed by atoms with Crippen molar-refractivity contribution >= 4 is 0 Å². The first kappa shape index (κ1) is 11.1. The molecule has 1 aromatic carbocycles. The Kier molecular flexibility index (Phi) is 2.44. The zero-order chi connectivity index (χ0) is 12.0. The van der Waals surface area contributed by atoms with Crippen molar-refractivity contribution in [1.29, 1.82) is 0 Å². The van der Waals surface area contributed by atoms with E-state index in [1.807, 2.05) is 0 Å². The van der Waals surface area contributed by atoms with Gasteiger partial charge in [-0.25, -0.2) is 0 Å². The first-order valence-electron chi connectivity index (χ1n) is 6.54. The summed E-state index contributed by atoms with van der Waals surface area (Å²) in [6.45, 7) is 7.12. The Morgan fingerprint density at radius 1 is 1.29 bits per heavy atom. The number of rotatable bonds is 3. The van der Waals surface area contributed by atoms with Crippen molar-refractivity contribution in [2.24, 2.45) is 5.92 Å². The number of hydrogen-bond acceptors (Lipinski definition) is 2. The summed E-state index contributed by atoms with van der Waals surface area (Å²) in [4.78, 5) is 2.61. The molecule has 2 heteroatoms. The molecule has 1 saturated carbocycles. The molecule has 17 heavy (non-hydrogen) atoms. The van der Waals surface area contributed by atoms with E-state index < -0.39 is 0 Å².